The first-order valence-corrected chi connectivity index (χ1v) is 7.63. The third-order valence-electron chi connectivity index (χ3n) is 3.52. The van der Waals surface area contributed by atoms with E-state index in [0.717, 1.165) is 11.3 Å². The third-order valence-corrected chi connectivity index (χ3v) is 3.52. The van der Waals surface area contributed by atoms with Gasteiger partial charge in [-0.15, -0.1) is 0 Å². The Labute approximate surface area is 141 Å². The van der Waals surface area contributed by atoms with Crippen molar-refractivity contribution in [3.8, 4) is 23.0 Å². The molecule has 0 atom stereocenters. The van der Waals surface area contributed by atoms with Crippen molar-refractivity contribution in [2.24, 2.45) is 0 Å². The van der Waals surface area contributed by atoms with Crippen LogP contribution >= 0.6 is 0 Å². The second-order valence-corrected chi connectivity index (χ2v) is 5.25. The molecule has 4 nitrogen and oxygen atoms in total. The molecule has 0 radical (unpaired) electrons. The summed E-state index contributed by atoms with van der Waals surface area (Å²) in [7, 11) is 1.61. The summed E-state index contributed by atoms with van der Waals surface area (Å²) in [5.74, 6) is 2.72. The molecule has 0 saturated carbocycles. The van der Waals surface area contributed by atoms with Gasteiger partial charge in [-0.1, -0.05) is 30.3 Å². The number of anilines is 1. The normalized spacial score (nSPS) is 10.2. The second kappa shape index (κ2) is 7.42. The van der Waals surface area contributed by atoms with Crippen LogP contribution in [0.5, 0.6) is 23.0 Å². The van der Waals surface area contributed by atoms with E-state index in [-0.39, 0.29) is 0 Å². The number of hydrogen-bond donors (Lipinski definition) is 1. The van der Waals surface area contributed by atoms with Crippen LogP contribution in [-0.2, 0) is 6.61 Å². The minimum absolute atomic E-state index is 0.532. The van der Waals surface area contributed by atoms with E-state index in [4.69, 9.17) is 19.9 Å². The molecule has 0 aromatic heterocycles. The van der Waals surface area contributed by atoms with Gasteiger partial charge in [-0.3, -0.25) is 0 Å². The fourth-order valence-corrected chi connectivity index (χ4v) is 2.20. The van der Waals surface area contributed by atoms with Crippen molar-refractivity contribution in [1.29, 1.82) is 0 Å². The van der Waals surface area contributed by atoms with Gasteiger partial charge in [-0.05, 0) is 42.0 Å². The van der Waals surface area contributed by atoms with Crippen LogP contribution in [0.4, 0.5) is 5.69 Å². The van der Waals surface area contributed by atoms with Gasteiger partial charge >= 0.3 is 0 Å². The Hall–Kier alpha value is -3.14. The van der Waals surface area contributed by atoms with E-state index in [0.29, 0.717) is 29.5 Å². The number of nitrogens with two attached hydrogens (primary N) is 1. The molecule has 0 amide bonds. The van der Waals surface area contributed by atoms with Crippen molar-refractivity contribution >= 4 is 5.69 Å². The van der Waals surface area contributed by atoms with E-state index >= 15 is 0 Å². The van der Waals surface area contributed by atoms with Gasteiger partial charge in [0, 0.05) is 6.07 Å². The third kappa shape index (κ3) is 3.98. The van der Waals surface area contributed by atoms with Crippen molar-refractivity contribution in [3.63, 3.8) is 0 Å². The van der Waals surface area contributed by atoms with E-state index in [9.17, 15) is 0 Å². The Kier molecular flexibility index (Phi) is 4.87. The molecule has 0 aliphatic carbocycles. The van der Waals surface area contributed by atoms with Crippen molar-refractivity contribution in [3.05, 3.63) is 78.4 Å². The topological polar surface area (TPSA) is 53.7 Å². The highest BCUT2D eigenvalue weighted by atomic mass is 16.5. The summed E-state index contributed by atoms with van der Waals surface area (Å²) in [5.41, 5.74) is 7.61. The van der Waals surface area contributed by atoms with Crippen molar-refractivity contribution < 1.29 is 14.2 Å². The average molecular weight is 321 g/mol. The highest BCUT2D eigenvalue weighted by Crippen LogP contribution is 2.31. The summed E-state index contributed by atoms with van der Waals surface area (Å²) in [6, 6.07) is 22.8. The Morgan fingerprint density at radius 3 is 2.17 bits per heavy atom. The van der Waals surface area contributed by atoms with E-state index in [2.05, 4.69) is 0 Å². The predicted octanol–water partition coefficient (Wildman–Crippen LogP) is 4.65. The summed E-state index contributed by atoms with van der Waals surface area (Å²) in [5, 5.41) is 0. The average Bonchev–Trinajstić information content (AvgIpc) is 2.64. The van der Waals surface area contributed by atoms with E-state index in [1.165, 1.54) is 0 Å². The molecule has 2 N–H and O–H groups in total. The van der Waals surface area contributed by atoms with Crippen LogP contribution in [0.25, 0.3) is 0 Å². The van der Waals surface area contributed by atoms with E-state index < -0.39 is 0 Å². The lowest BCUT2D eigenvalue weighted by atomic mass is 10.2. The van der Waals surface area contributed by atoms with Crippen LogP contribution in [0, 0.1) is 0 Å². The zero-order valence-corrected chi connectivity index (χ0v) is 13.4. The molecule has 0 unspecified atom stereocenters. The summed E-state index contributed by atoms with van der Waals surface area (Å²) in [4.78, 5) is 0. The van der Waals surface area contributed by atoms with Gasteiger partial charge in [0.05, 0.1) is 12.8 Å². The van der Waals surface area contributed by atoms with Crippen LogP contribution in [0.1, 0.15) is 5.56 Å². The molecule has 0 aliphatic heterocycles. The van der Waals surface area contributed by atoms with Gasteiger partial charge < -0.3 is 19.9 Å². The molecular formula is C20H19NO3. The Bertz CT molecular complexity index is 786. The monoisotopic (exact) mass is 321 g/mol. The summed E-state index contributed by atoms with van der Waals surface area (Å²) in [6.45, 7) is 0.532. The molecule has 122 valence electrons. The maximum atomic E-state index is 5.93. The second-order valence-electron chi connectivity index (χ2n) is 5.25. The Morgan fingerprint density at radius 1 is 0.792 bits per heavy atom. The number of hydrogen-bond acceptors (Lipinski definition) is 4. The largest absolute Gasteiger partial charge is 0.497 e. The van der Waals surface area contributed by atoms with Gasteiger partial charge in [0.1, 0.15) is 23.9 Å². The molecule has 0 fully saturated rings. The molecule has 4 heteroatoms. The molecule has 0 saturated heterocycles. The molecule has 0 aliphatic rings. The maximum Gasteiger partial charge on any atom is 0.153 e. The quantitative estimate of drug-likeness (QED) is 0.672. The molecule has 0 spiro atoms. The van der Waals surface area contributed by atoms with Crippen LogP contribution in [-0.4, -0.2) is 7.11 Å². The lowest BCUT2D eigenvalue weighted by Crippen LogP contribution is -1.95. The number of benzene rings is 3. The van der Waals surface area contributed by atoms with E-state index in [1.54, 1.807) is 25.3 Å². The standard InChI is InChI=1S/C20H19NO3/c1-22-18-11-12-19(21)20(13-18)24-17-9-7-16(8-10-17)23-14-15-5-3-2-4-6-15/h2-13H,14,21H2,1H3. The fourth-order valence-electron chi connectivity index (χ4n) is 2.20. The fraction of sp³-hybridized carbons (Fsp3) is 0.100. The highest BCUT2D eigenvalue weighted by molar-refractivity contribution is 5.57. The van der Waals surface area contributed by atoms with Gasteiger partial charge in [0.2, 0.25) is 0 Å². The Balaban J connectivity index is 1.64. The first-order valence-electron chi connectivity index (χ1n) is 7.63. The van der Waals surface area contributed by atoms with Crippen LogP contribution in [0.3, 0.4) is 0 Å². The van der Waals surface area contributed by atoms with Crippen molar-refractivity contribution in [1.82, 2.24) is 0 Å². The Morgan fingerprint density at radius 2 is 1.46 bits per heavy atom. The highest BCUT2D eigenvalue weighted by Gasteiger charge is 2.05. The molecule has 3 aromatic carbocycles. The molecule has 24 heavy (non-hydrogen) atoms. The van der Waals surface area contributed by atoms with Crippen LogP contribution < -0.4 is 19.9 Å². The summed E-state index contributed by atoms with van der Waals surface area (Å²) < 4.78 is 16.8. The van der Waals surface area contributed by atoms with Gasteiger partial charge in [0.15, 0.2) is 5.75 Å². The number of ether oxygens (including phenoxy) is 3. The van der Waals surface area contributed by atoms with Crippen LogP contribution in [0.2, 0.25) is 0 Å². The minimum Gasteiger partial charge on any atom is -0.497 e. The van der Waals surface area contributed by atoms with Crippen molar-refractivity contribution in [2.75, 3.05) is 12.8 Å². The van der Waals surface area contributed by atoms with Crippen molar-refractivity contribution in [2.45, 2.75) is 6.61 Å². The SMILES string of the molecule is COc1ccc(N)c(Oc2ccc(OCc3ccccc3)cc2)c1. The first kappa shape index (κ1) is 15.7. The number of methoxy groups -OCH3 is 1. The smallest absolute Gasteiger partial charge is 0.153 e. The minimum atomic E-state index is 0.532. The molecule has 3 aromatic rings. The van der Waals surface area contributed by atoms with Gasteiger partial charge in [0.25, 0.3) is 0 Å². The zero-order valence-electron chi connectivity index (χ0n) is 13.4. The molecule has 0 heterocycles. The zero-order chi connectivity index (χ0) is 16.8. The molecular weight excluding hydrogens is 302 g/mol. The van der Waals surface area contributed by atoms with Crippen LogP contribution in [0.15, 0.2) is 72.8 Å². The van der Waals surface area contributed by atoms with E-state index in [1.807, 2.05) is 54.6 Å². The predicted molar refractivity (Wildman–Crippen MR) is 94.7 cm³/mol. The number of nitrogen functional groups attached to an aromatic ring is 1. The molecule has 0 bridgehead atoms. The lowest BCUT2D eigenvalue weighted by molar-refractivity contribution is 0.306. The lowest BCUT2D eigenvalue weighted by Gasteiger charge is -2.11. The maximum absolute atomic E-state index is 5.93. The van der Waals surface area contributed by atoms with Gasteiger partial charge in [-0.2, -0.15) is 0 Å². The summed E-state index contributed by atoms with van der Waals surface area (Å²) >= 11 is 0. The number of rotatable bonds is 6. The first-order chi connectivity index (χ1) is 11.7. The van der Waals surface area contributed by atoms with Gasteiger partial charge in [-0.25, -0.2) is 0 Å². The molecule has 3 rings (SSSR count). The summed E-state index contributed by atoms with van der Waals surface area (Å²) in [6.07, 6.45) is 0.